The largest absolute Gasteiger partial charge is 0.469 e. The van der Waals surface area contributed by atoms with Crippen LogP contribution in [0.15, 0.2) is 0 Å². The minimum Gasteiger partial charge on any atom is -0.469 e. The molecule has 0 aliphatic rings. The highest BCUT2D eigenvalue weighted by Crippen LogP contribution is 1.89. The second kappa shape index (κ2) is 6.18. The lowest BCUT2D eigenvalue weighted by Gasteiger charge is -2.02. The van der Waals surface area contributed by atoms with Gasteiger partial charge in [0.15, 0.2) is 0 Å². The predicted octanol–water partition coefficient (Wildman–Crippen LogP) is -0.360. The number of hydrogen-bond acceptors (Lipinski definition) is 4. The van der Waals surface area contributed by atoms with Crippen LogP contribution < -0.4 is 5.23 Å². The number of hydrogen-bond donors (Lipinski definition) is 2. The summed E-state index contributed by atoms with van der Waals surface area (Å²) in [6.45, 7) is 2.27. The van der Waals surface area contributed by atoms with Crippen LogP contribution in [0.1, 0.15) is 12.8 Å². The number of rotatable bonds is 5. The molecule has 2 N–H and O–H groups in total. The van der Waals surface area contributed by atoms with Crippen LogP contribution in [-0.4, -0.2) is 31.7 Å². The molecule has 0 aliphatic heterocycles. The normalized spacial score (nSPS) is 9.36. The van der Waals surface area contributed by atoms with Crippen molar-refractivity contribution in [1.29, 1.82) is 0 Å². The lowest BCUT2D eigenvalue weighted by molar-refractivity contribution is -0.140. The van der Waals surface area contributed by atoms with E-state index in [-0.39, 0.29) is 5.97 Å². The zero-order valence-electron chi connectivity index (χ0n) is 6.96. The van der Waals surface area contributed by atoms with Gasteiger partial charge >= 0.3 is 13.0 Å². The summed E-state index contributed by atoms with van der Waals surface area (Å²) in [7, 11) is 0.859. The van der Waals surface area contributed by atoms with E-state index >= 15 is 0 Å². The first-order chi connectivity index (χ1) is 5.16. The van der Waals surface area contributed by atoms with Gasteiger partial charge in [-0.15, -0.1) is 0 Å². The molecule has 0 aromatic rings. The van der Waals surface area contributed by atoms with E-state index in [2.05, 4.69) is 9.96 Å². The second-order valence-electron chi connectivity index (χ2n) is 2.31. The van der Waals surface area contributed by atoms with Gasteiger partial charge in [0.2, 0.25) is 0 Å². The van der Waals surface area contributed by atoms with Crippen molar-refractivity contribution in [3.05, 3.63) is 0 Å². The van der Waals surface area contributed by atoms with Crippen LogP contribution >= 0.6 is 0 Å². The van der Waals surface area contributed by atoms with Crippen LogP contribution in [0, 0.1) is 0 Å². The molecule has 0 radical (unpaired) electrons. The molecule has 0 atom stereocenters. The molecule has 0 rings (SSSR count). The molecule has 5 heteroatoms. The Hall–Kier alpha value is -0.545. The highest BCUT2D eigenvalue weighted by molar-refractivity contribution is 6.45. The first-order valence-corrected chi connectivity index (χ1v) is 3.65. The summed E-state index contributed by atoms with van der Waals surface area (Å²) < 4.78 is 4.43. The zero-order valence-corrected chi connectivity index (χ0v) is 6.96. The van der Waals surface area contributed by atoms with E-state index in [1.54, 1.807) is 6.82 Å². The Labute approximate surface area is 67.1 Å². The number of carbonyl (C=O) groups excluding carboxylic acids is 1. The average Bonchev–Trinajstić information content (AvgIpc) is 1.97. The highest BCUT2D eigenvalue weighted by Gasteiger charge is 2.02. The van der Waals surface area contributed by atoms with Gasteiger partial charge in [0.1, 0.15) is 0 Å². The van der Waals surface area contributed by atoms with E-state index in [0.717, 1.165) is 0 Å². The fourth-order valence-corrected chi connectivity index (χ4v) is 0.646. The maximum absolute atomic E-state index is 10.5. The van der Waals surface area contributed by atoms with Crippen molar-refractivity contribution in [2.75, 3.05) is 13.7 Å². The molecule has 0 aliphatic carbocycles. The molecule has 0 bridgehead atoms. The number of methoxy groups -OCH3 is 1. The minimum absolute atomic E-state index is 0.211. The third-order valence-corrected chi connectivity index (χ3v) is 1.23. The Balaban J connectivity index is 3.08. The van der Waals surface area contributed by atoms with Crippen LogP contribution in [0.4, 0.5) is 0 Å². The summed E-state index contributed by atoms with van der Waals surface area (Å²) in [5.41, 5.74) is 0. The summed E-state index contributed by atoms with van der Waals surface area (Å²) in [5.74, 6) is -0.211. The molecule has 11 heavy (non-hydrogen) atoms. The van der Waals surface area contributed by atoms with Gasteiger partial charge in [-0.1, -0.05) is 0 Å². The van der Waals surface area contributed by atoms with Gasteiger partial charge in [-0.3, -0.25) is 4.79 Å². The third kappa shape index (κ3) is 7.35. The quantitative estimate of drug-likeness (QED) is 0.326. The first kappa shape index (κ1) is 10.5. The van der Waals surface area contributed by atoms with Gasteiger partial charge in [-0.05, 0) is 19.8 Å². The standard InChI is InChI=1S/C6H14BNO3/c1-7(10)8-5-3-4-6(9)11-2/h8,10H,3-5H2,1-2H3. The number of esters is 1. The lowest BCUT2D eigenvalue weighted by Crippen LogP contribution is -2.31. The summed E-state index contributed by atoms with van der Waals surface area (Å²) in [4.78, 5) is 10.5. The molecule has 0 saturated heterocycles. The Bertz CT molecular complexity index is 118. The Morgan fingerprint density at radius 3 is 2.82 bits per heavy atom. The van der Waals surface area contributed by atoms with Gasteiger partial charge in [-0.25, -0.2) is 0 Å². The van der Waals surface area contributed by atoms with E-state index in [1.165, 1.54) is 7.11 Å². The molecule has 0 aromatic carbocycles. The molecule has 0 heterocycles. The average molecular weight is 159 g/mol. The predicted molar refractivity (Wildman–Crippen MR) is 43.1 cm³/mol. The first-order valence-electron chi connectivity index (χ1n) is 3.65. The van der Waals surface area contributed by atoms with Gasteiger partial charge in [0.05, 0.1) is 7.11 Å². The second-order valence-corrected chi connectivity index (χ2v) is 2.31. The van der Waals surface area contributed by atoms with Crippen molar-refractivity contribution in [2.24, 2.45) is 0 Å². The minimum atomic E-state index is -0.507. The zero-order chi connectivity index (χ0) is 8.69. The third-order valence-electron chi connectivity index (χ3n) is 1.23. The molecular formula is C6H14BNO3. The number of ether oxygens (including phenoxy) is 1. The molecule has 0 saturated carbocycles. The van der Waals surface area contributed by atoms with Crippen LogP contribution in [0.5, 0.6) is 0 Å². The molecule has 0 spiro atoms. The molecule has 0 fully saturated rings. The van der Waals surface area contributed by atoms with Crippen LogP contribution in [0.3, 0.4) is 0 Å². The van der Waals surface area contributed by atoms with Crippen LogP contribution in [-0.2, 0) is 9.53 Å². The fraction of sp³-hybridized carbons (Fsp3) is 0.833. The maximum atomic E-state index is 10.5. The van der Waals surface area contributed by atoms with Crippen molar-refractivity contribution in [2.45, 2.75) is 19.7 Å². The molecule has 0 aromatic heterocycles. The van der Waals surface area contributed by atoms with Crippen LogP contribution in [0.2, 0.25) is 6.82 Å². The molecule has 64 valence electrons. The van der Waals surface area contributed by atoms with E-state index in [4.69, 9.17) is 5.02 Å². The van der Waals surface area contributed by atoms with Crippen LogP contribution in [0.25, 0.3) is 0 Å². The molecule has 0 amide bonds. The Morgan fingerprint density at radius 2 is 2.36 bits per heavy atom. The fourth-order valence-electron chi connectivity index (χ4n) is 0.646. The highest BCUT2D eigenvalue weighted by atomic mass is 16.5. The van der Waals surface area contributed by atoms with E-state index in [1.807, 2.05) is 0 Å². The van der Waals surface area contributed by atoms with E-state index in [0.29, 0.717) is 19.4 Å². The maximum Gasteiger partial charge on any atom is 0.373 e. The van der Waals surface area contributed by atoms with E-state index in [9.17, 15) is 4.79 Å². The molecule has 4 nitrogen and oxygen atoms in total. The summed E-state index contributed by atoms with van der Waals surface area (Å²) >= 11 is 0. The monoisotopic (exact) mass is 159 g/mol. The number of nitrogens with one attached hydrogen (secondary N) is 1. The van der Waals surface area contributed by atoms with Crippen molar-refractivity contribution in [3.8, 4) is 0 Å². The Kier molecular flexibility index (Phi) is 5.88. The van der Waals surface area contributed by atoms with Gasteiger partial charge < -0.3 is 15.0 Å². The lowest BCUT2D eigenvalue weighted by atomic mass is 9.89. The van der Waals surface area contributed by atoms with Crippen molar-refractivity contribution in [3.63, 3.8) is 0 Å². The number of carbonyl (C=O) groups is 1. The molecular weight excluding hydrogens is 145 g/mol. The van der Waals surface area contributed by atoms with Gasteiger partial charge in [-0.2, -0.15) is 0 Å². The molecule has 0 unspecified atom stereocenters. The van der Waals surface area contributed by atoms with E-state index < -0.39 is 7.05 Å². The SMILES string of the molecule is COC(=O)CCCNB(C)O. The van der Waals surface area contributed by atoms with Crippen molar-refractivity contribution >= 4 is 13.0 Å². The van der Waals surface area contributed by atoms with Crippen molar-refractivity contribution in [1.82, 2.24) is 5.23 Å². The van der Waals surface area contributed by atoms with Gasteiger partial charge in [0.25, 0.3) is 0 Å². The summed E-state index contributed by atoms with van der Waals surface area (Å²) in [5, 5.41) is 11.5. The summed E-state index contributed by atoms with van der Waals surface area (Å²) in [6.07, 6.45) is 1.09. The van der Waals surface area contributed by atoms with Crippen molar-refractivity contribution < 1.29 is 14.6 Å². The summed E-state index contributed by atoms with van der Waals surface area (Å²) in [6, 6.07) is 0. The van der Waals surface area contributed by atoms with Gasteiger partial charge in [0, 0.05) is 6.42 Å². The Morgan fingerprint density at radius 1 is 1.73 bits per heavy atom. The smallest absolute Gasteiger partial charge is 0.373 e. The topological polar surface area (TPSA) is 58.6 Å².